The summed E-state index contributed by atoms with van der Waals surface area (Å²) in [6.07, 6.45) is 0.268. The lowest BCUT2D eigenvalue weighted by atomic mass is 10.0. The molecule has 0 aromatic heterocycles. The van der Waals surface area contributed by atoms with Gasteiger partial charge in [0.25, 0.3) is 0 Å². The fourth-order valence-electron chi connectivity index (χ4n) is 1.91. The Hall–Kier alpha value is -1.14. The lowest BCUT2D eigenvalue weighted by molar-refractivity contribution is -0.148. The summed E-state index contributed by atoms with van der Waals surface area (Å²) in [6, 6.07) is -0.0232. The van der Waals surface area contributed by atoms with Crippen molar-refractivity contribution < 1.29 is 19.4 Å². The fourth-order valence-corrected chi connectivity index (χ4v) is 1.91. The quantitative estimate of drug-likeness (QED) is 0.746. The van der Waals surface area contributed by atoms with E-state index in [4.69, 9.17) is 9.84 Å². The van der Waals surface area contributed by atoms with Gasteiger partial charge in [0.15, 0.2) is 0 Å². The Morgan fingerprint density at radius 2 is 2.11 bits per heavy atom. The molecule has 2 N–H and O–H groups in total. The first-order valence-corrected chi connectivity index (χ1v) is 6.14. The van der Waals surface area contributed by atoms with Crippen LogP contribution in [0.3, 0.4) is 0 Å². The summed E-state index contributed by atoms with van der Waals surface area (Å²) in [6.45, 7) is 7.11. The van der Waals surface area contributed by atoms with Crippen LogP contribution in [0.5, 0.6) is 0 Å². The molecule has 1 heterocycles. The number of amides is 1. The summed E-state index contributed by atoms with van der Waals surface area (Å²) in [7, 11) is 0. The van der Waals surface area contributed by atoms with Gasteiger partial charge < -0.3 is 20.1 Å². The van der Waals surface area contributed by atoms with Crippen LogP contribution in [0.25, 0.3) is 0 Å². The maximum atomic E-state index is 12.2. The van der Waals surface area contributed by atoms with Gasteiger partial charge in [0.05, 0.1) is 13.2 Å². The van der Waals surface area contributed by atoms with Gasteiger partial charge in [0.1, 0.15) is 6.54 Å². The van der Waals surface area contributed by atoms with Gasteiger partial charge in [0, 0.05) is 24.5 Å². The molecule has 1 atom stereocenters. The van der Waals surface area contributed by atoms with Crippen molar-refractivity contribution in [1.29, 1.82) is 0 Å². The van der Waals surface area contributed by atoms with E-state index in [0.717, 1.165) is 6.54 Å². The summed E-state index contributed by atoms with van der Waals surface area (Å²) < 4.78 is 5.28. The van der Waals surface area contributed by atoms with Crippen molar-refractivity contribution in [2.24, 2.45) is 0 Å². The van der Waals surface area contributed by atoms with Crippen molar-refractivity contribution in [3.05, 3.63) is 0 Å². The molecule has 0 saturated carbocycles. The van der Waals surface area contributed by atoms with Crippen molar-refractivity contribution in [3.8, 4) is 0 Å². The number of nitrogens with one attached hydrogen (secondary N) is 1. The van der Waals surface area contributed by atoms with Crippen molar-refractivity contribution in [3.63, 3.8) is 0 Å². The van der Waals surface area contributed by atoms with E-state index in [2.05, 4.69) is 5.32 Å². The van der Waals surface area contributed by atoms with Crippen LogP contribution in [0, 0.1) is 0 Å². The monoisotopic (exact) mass is 258 g/mol. The SMILES string of the molecule is CC(C)(C)N(CC(=O)O)C(=O)CC1COCCN1. The number of ether oxygens (including phenoxy) is 1. The molecule has 1 amide bonds. The molecular weight excluding hydrogens is 236 g/mol. The molecule has 1 fully saturated rings. The van der Waals surface area contributed by atoms with E-state index in [-0.39, 0.29) is 24.9 Å². The Bertz CT molecular complexity index is 306. The number of nitrogens with zero attached hydrogens (tertiary/aromatic N) is 1. The maximum Gasteiger partial charge on any atom is 0.323 e. The van der Waals surface area contributed by atoms with Crippen LogP contribution in [0.2, 0.25) is 0 Å². The first kappa shape index (κ1) is 14.9. The molecule has 1 unspecified atom stereocenters. The number of aliphatic carboxylic acids is 1. The average Bonchev–Trinajstić information content (AvgIpc) is 2.25. The number of carbonyl (C=O) groups is 2. The molecular formula is C12H22N2O4. The first-order valence-electron chi connectivity index (χ1n) is 6.14. The van der Waals surface area contributed by atoms with E-state index in [1.807, 2.05) is 20.8 Å². The highest BCUT2D eigenvalue weighted by atomic mass is 16.5. The average molecular weight is 258 g/mol. The number of morpholine rings is 1. The molecule has 18 heavy (non-hydrogen) atoms. The molecule has 6 heteroatoms. The van der Waals surface area contributed by atoms with E-state index in [9.17, 15) is 9.59 Å². The third kappa shape index (κ3) is 4.62. The Balaban J connectivity index is 2.61. The summed E-state index contributed by atoms with van der Waals surface area (Å²) in [4.78, 5) is 24.4. The molecule has 0 radical (unpaired) electrons. The van der Waals surface area contributed by atoms with Gasteiger partial charge in [0.2, 0.25) is 5.91 Å². The number of carboxylic acids is 1. The molecule has 0 aromatic rings. The van der Waals surface area contributed by atoms with E-state index in [1.165, 1.54) is 4.90 Å². The molecule has 1 aliphatic rings. The Morgan fingerprint density at radius 3 is 2.56 bits per heavy atom. The van der Waals surface area contributed by atoms with Gasteiger partial charge in [-0.2, -0.15) is 0 Å². The third-order valence-electron chi connectivity index (χ3n) is 2.82. The summed E-state index contributed by atoms with van der Waals surface area (Å²) in [5.74, 6) is -1.15. The number of carboxylic acid groups (broad SMARTS) is 1. The summed E-state index contributed by atoms with van der Waals surface area (Å²) >= 11 is 0. The predicted molar refractivity (Wildman–Crippen MR) is 66.3 cm³/mol. The molecule has 104 valence electrons. The molecule has 1 rings (SSSR count). The smallest absolute Gasteiger partial charge is 0.323 e. The van der Waals surface area contributed by atoms with Crippen LogP contribution < -0.4 is 5.32 Å². The highest BCUT2D eigenvalue weighted by molar-refractivity contribution is 5.82. The van der Waals surface area contributed by atoms with Gasteiger partial charge in [-0.05, 0) is 20.8 Å². The lowest BCUT2D eigenvalue weighted by Crippen LogP contribution is -2.51. The highest BCUT2D eigenvalue weighted by Gasteiger charge is 2.30. The fraction of sp³-hybridized carbons (Fsp3) is 0.833. The van der Waals surface area contributed by atoms with E-state index >= 15 is 0 Å². The van der Waals surface area contributed by atoms with Gasteiger partial charge in [-0.15, -0.1) is 0 Å². The van der Waals surface area contributed by atoms with Crippen LogP contribution in [0.1, 0.15) is 27.2 Å². The van der Waals surface area contributed by atoms with Crippen molar-refractivity contribution in [1.82, 2.24) is 10.2 Å². The standard InChI is InChI=1S/C12H22N2O4/c1-12(2,3)14(7-11(16)17)10(15)6-9-8-18-5-4-13-9/h9,13H,4-8H2,1-3H3,(H,16,17). The van der Waals surface area contributed by atoms with Gasteiger partial charge in [-0.1, -0.05) is 0 Å². The Labute approximate surface area is 107 Å². The zero-order chi connectivity index (χ0) is 13.8. The first-order chi connectivity index (χ1) is 8.30. The topological polar surface area (TPSA) is 78.9 Å². The molecule has 0 spiro atoms. The predicted octanol–water partition coefficient (Wildman–Crippen LogP) is 0.0766. The molecule has 1 saturated heterocycles. The molecule has 0 aliphatic carbocycles. The maximum absolute atomic E-state index is 12.2. The van der Waals surface area contributed by atoms with Crippen LogP contribution in [0.4, 0.5) is 0 Å². The van der Waals surface area contributed by atoms with Crippen molar-refractivity contribution in [2.45, 2.75) is 38.8 Å². The Kier molecular flexibility index (Phi) is 5.10. The van der Waals surface area contributed by atoms with Crippen molar-refractivity contribution >= 4 is 11.9 Å². The summed E-state index contributed by atoms with van der Waals surface area (Å²) in [5, 5.41) is 12.1. The number of rotatable bonds is 4. The van der Waals surface area contributed by atoms with Crippen LogP contribution in [0.15, 0.2) is 0 Å². The van der Waals surface area contributed by atoms with Crippen LogP contribution >= 0.6 is 0 Å². The second kappa shape index (κ2) is 6.15. The molecule has 6 nitrogen and oxygen atoms in total. The van der Waals surface area contributed by atoms with E-state index in [0.29, 0.717) is 13.2 Å². The molecule has 1 aliphatic heterocycles. The largest absolute Gasteiger partial charge is 0.480 e. The zero-order valence-corrected chi connectivity index (χ0v) is 11.2. The van der Waals surface area contributed by atoms with Gasteiger partial charge >= 0.3 is 5.97 Å². The zero-order valence-electron chi connectivity index (χ0n) is 11.2. The molecule has 0 aromatic carbocycles. The lowest BCUT2D eigenvalue weighted by Gasteiger charge is -2.36. The Morgan fingerprint density at radius 1 is 1.44 bits per heavy atom. The minimum absolute atomic E-state index is 0.0232. The van der Waals surface area contributed by atoms with Crippen LogP contribution in [-0.4, -0.2) is 59.8 Å². The normalized spacial score (nSPS) is 20.5. The van der Waals surface area contributed by atoms with E-state index < -0.39 is 11.5 Å². The number of carbonyl (C=O) groups excluding carboxylic acids is 1. The third-order valence-corrected chi connectivity index (χ3v) is 2.82. The van der Waals surface area contributed by atoms with Crippen molar-refractivity contribution in [2.75, 3.05) is 26.3 Å². The van der Waals surface area contributed by atoms with Gasteiger partial charge in [-0.25, -0.2) is 0 Å². The number of hydrogen-bond acceptors (Lipinski definition) is 4. The minimum atomic E-state index is -0.994. The van der Waals surface area contributed by atoms with Gasteiger partial charge in [-0.3, -0.25) is 9.59 Å². The molecule has 0 bridgehead atoms. The highest BCUT2D eigenvalue weighted by Crippen LogP contribution is 2.15. The second-order valence-corrected chi connectivity index (χ2v) is 5.47. The summed E-state index contributed by atoms with van der Waals surface area (Å²) in [5.41, 5.74) is -0.495. The number of hydrogen-bond donors (Lipinski definition) is 2. The second-order valence-electron chi connectivity index (χ2n) is 5.47. The minimum Gasteiger partial charge on any atom is -0.480 e. The van der Waals surface area contributed by atoms with E-state index in [1.54, 1.807) is 0 Å². The van der Waals surface area contributed by atoms with Crippen LogP contribution in [-0.2, 0) is 14.3 Å².